The minimum Gasteiger partial charge on any atom is -0.432 e. The predicted octanol–water partition coefficient (Wildman–Crippen LogP) is 1.44. The molecule has 0 unspecified atom stereocenters. The molecule has 4 nitrogen and oxygen atoms in total. The molecule has 0 aliphatic heterocycles. The molecular formula is C10H8N2O2. The van der Waals surface area contributed by atoms with E-state index in [2.05, 4.69) is 4.98 Å². The van der Waals surface area contributed by atoms with Crippen molar-refractivity contribution < 1.29 is 9.21 Å². The van der Waals surface area contributed by atoms with Crippen molar-refractivity contribution in [3.05, 3.63) is 42.4 Å². The molecule has 70 valence electrons. The summed E-state index contributed by atoms with van der Waals surface area (Å²) < 4.78 is 5.15. The minimum atomic E-state index is -0.660. The molecule has 0 spiro atoms. The smallest absolute Gasteiger partial charge is 0.304 e. The Kier molecular flexibility index (Phi) is 2.02. The first kappa shape index (κ1) is 8.50. The largest absolute Gasteiger partial charge is 0.432 e. The Balaban J connectivity index is 2.39. The van der Waals surface area contributed by atoms with Gasteiger partial charge in [-0.25, -0.2) is 4.98 Å². The van der Waals surface area contributed by atoms with Gasteiger partial charge in [0.2, 0.25) is 0 Å². The first-order valence-corrected chi connectivity index (χ1v) is 4.08. The normalized spacial score (nSPS) is 10.0. The number of hydrogen-bond donors (Lipinski definition) is 1. The molecule has 4 heteroatoms. The van der Waals surface area contributed by atoms with Crippen molar-refractivity contribution in [3.63, 3.8) is 0 Å². The van der Waals surface area contributed by atoms with E-state index in [0.29, 0.717) is 5.76 Å². The van der Waals surface area contributed by atoms with E-state index >= 15 is 0 Å². The number of benzene rings is 1. The number of nitrogens with two attached hydrogens (primary N) is 1. The Morgan fingerprint density at radius 2 is 2.00 bits per heavy atom. The fraction of sp³-hybridized carbons (Fsp3) is 0. The lowest BCUT2D eigenvalue weighted by atomic mass is 10.2. The SMILES string of the molecule is NC(=O)c1ncc(-c2ccccc2)o1. The van der Waals surface area contributed by atoms with Crippen LogP contribution in [-0.4, -0.2) is 10.9 Å². The van der Waals surface area contributed by atoms with Crippen LogP contribution in [0.4, 0.5) is 0 Å². The fourth-order valence-corrected chi connectivity index (χ4v) is 1.12. The molecule has 2 aromatic rings. The van der Waals surface area contributed by atoms with E-state index in [1.807, 2.05) is 30.3 Å². The Bertz CT molecular complexity index is 448. The maximum atomic E-state index is 10.7. The third kappa shape index (κ3) is 1.50. The molecule has 0 saturated carbocycles. The zero-order valence-electron chi connectivity index (χ0n) is 7.31. The average Bonchev–Trinajstić information content (AvgIpc) is 2.68. The Labute approximate surface area is 80.4 Å². The molecule has 0 atom stereocenters. The lowest BCUT2D eigenvalue weighted by Crippen LogP contribution is -2.10. The number of rotatable bonds is 2. The van der Waals surface area contributed by atoms with E-state index in [4.69, 9.17) is 10.2 Å². The summed E-state index contributed by atoms with van der Waals surface area (Å²) in [7, 11) is 0. The quantitative estimate of drug-likeness (QED) is 0.775. The summed E-state index contributed by atoms with van der Waals surface area (Å²) in [6.07, 6.45) is 1.48. The van der Waals surface area contributed by atoms with Crippen LogP contribution in [0.5, 0.6) is 0 Å². The number of carbonyl (C=O) groups excluding carboxylic acids is 1. The van der Waals surface area contributed by atoms with Crippen molar-refractivity contribution in [1.82, 2.24) is 4.98 Å². The highest BCUT2D eigenvalue weighted by Gasteiger charge is 2.09. The van der Waals surface area contributed by atoms with Gasteiger partial charge in [0, 0.05) is 5.56 Å². The molecule has 1 amide bonds. The van der Waals surface area contributed by atoms with E-state index in [-0.39, 0.29) is 5.89 Å². The summed E-state index contributed by atoms with van der Waals surface area (Å²) in [5.74, 6) is -0.185. The Morgan fingerprint density at radius 1 is 1.29 bits per heavy atom. The van der Waals surface area contributed by atoms with Crippen molar-refractivity contribution in [2.24, 2.45) is 5.73 Å². The molecule has 0 bridgehead atoms. The van der Waals surface area contributed by atoms with E-state index in [0.717, 1.165) is 5.56 Å². The second-order valence-corrected chi connectivity index (χ2v) is 2.76. The second kappa shape index (κ2) is 3.33. The summed E-state index contributed by atoms with van der Waals surface area (Å²) in [5, 5.41) is 0. The summed E-state index contributed by atoms with van der Waals surface area (Å²) in [6, 6.07) is 9.38. The second-order valence-electron chi connectivity index (χ2n) is 2.76. The van der Waals surface area contributed by atoms with Gasteiger partial charge in [-0.05, 0) is 0 Å². The third-order valence-electron chi connectivity index (χ3n) is 1.77. The number of oxazole rings is 1. The maximum absolute atomic E-state index is 10.7. The van der Waals surface area contributed by atoms with Gasteiger partial charge < -0.3 is 10.2 Å². The van der Waals surface area contributed by atoms with E-state index < -0.39 is 5.91 Å². The van der Waals surface area contributed by atoms with Crippen LogP contribution in [0.25, 0.3) is 11.3 Å². The van der Waals surface area contributed by atoms with Crippen molar-refractivity contribution in [2.75, 3.05) is 0 Å². The lowest BCUT2D eigenvalue weighted by molar-refractivity contribution is 0.0968. The standard InChI is InChI=1S/C10H8N2O2/c11-9(13)10-12-6-8(14-10)7-4-2-1-3-5-7/h1-6H,(H2,11,13). The van der Waals surface area contributed by atoms with Gasteiger partial charge in [0.05, 0.1) is 6.20 Å². The van der Waals surface area contributed by atoms with Gasteiger partial charge in [-0.1, -0.05) is 30.3 Å². The number of amides is 1. The van der Waals surface area contributed by atoms with Crippen molar-refractivity contribution >= 4 is 5.91 Å². The molecule has 0 aliphatic rings. The van der Waals surface area contributed by atoms with E-state index in [1.54, 1.807) is 0 Å². The maximum Gasteiger partial charge on any atom is 0.304 e. The summed E-state index contributed by atoms with van der Waals surface area (Å²) in [5.41, 5.74) is 5.88. The Hall–Kier alpha value is -2.10. The van der Waals surface area contributed by atoms with Gasteiger partial charge in [-0.2, -0.15) is 0 Å². The van der Waals surface area contributed by atoms with Crippen molar-refractivity contribution in [2.45, 2.75) is 0 Å². The highest BCUT2D eigenvalue weighted by Crippen LogP contribution is 2.19. The van der Waals surface area contributed by atoms with Crippen LogP contribution in [0.3, 0.4) is 0 Å². The predicted molar refractivity (Wildman–Crippen MR) is 50.5 cm³/mol. The van der Waals surface area contributed by atoms with Crippen LogP contribution in [0, 0.1) is 0 Å². The van der Waals surface area contributed by atoms with E-state index in [9.17, 15) is 4.79 Å². The van der Waals surface area contributed by atoms with Crippen molar-refractivity contribution in [3.8, 4) is 11.3 Å². The Morgan fingerprint density at radius 3 is 2.57 bits per heavy atom. The monoisotopic (exact) mass is 188 g/mol. The first-order chi connectivity index (χ1) is 6.77. The lowest BCUT2D eigenvalue weighted by Gasteiger charge is -1.92. The number of hydrogen-bond acceptors (Lipinski definition) is 3. The highest BCUT2D eigenvalue weighted by atomic mass is 16.4. The number of aromatic nitrogens is 1. The number of nitrogens with zero attached hydrogens (tertiary/aromatic N) is 1. The molecule has 0 radical (unpaired) electrons. The summed E-state index contributed by atoms with van der Waals surface area (Å²) in [4.78, 5) is 14.5. The highest BCUT2D eigenvalue weighted by molar-refractivity contribution is 5.88. The average molecular weight is 188 g/mol. The third-order valence-corrected chi connectivity index (χ3v) is 1.77. The molecule has 2 rings (SSSR count). The van der Waals surface area contributed by atoms with Crippen LogP contribution in [0.2, 0.25) is 0 Å². The molecule has 0 aliphatic carbocycles. The molecule has 14 heavy (non-hydrogen) atoms. The summed E-state index contributed by atoms with van der Waals surface area (Å²) >= 11 is 0. The van der Waals surface area contributed by atoms with Crippen LogP contribution >= 0.6 is 0 Å². The fourth-order valence-electron chi connectivity index (χ4n) is 1.12. The zero-order valence-corrected chi connectivity index (χ0v) is 7.31. The number of carbonyl (C=O) groups is 1. The molecule has 1 heterocycles. The summed E-state index contributed by atoms with van der Waals surface area (Å²) in [6.45, 7) is 0. The van der Waals surface area contributed by atoms with Crippen LogP contribution < -0.4 is 5.73 Å². The van der Waals surface area contributed by atoms with Gasteiger partial charge in [0.1, 0.15) is 0 Å². The van der Waals surface area contributed by atoms with Gasteiger partial charge in [0.15, 0.2) is 5.76 Å². The van der Waals surface area contributed by atoms with Gasteiger partial charge in [-0.15, -0.1) is 0 Å². The molecule has 0 fully saturated rings. The molecule has 1 aromatic heterocycles. The van der Waals surface area contributed by atoms with Crippen LogP contribution in [-0.2, 0) is 0 Å². The zero-order chi connectivity index (χ0) is 9.97. The minimum absolute atomic E-state index is 0.0659. The van der Waals surface area contributed by atoms with Crippen LogP contribution in [0.1, 0.15) is 10.7 Å². The first-order valence-electron chi connectivity index (χ1n) is 4.08. The van der Waals surface area contributed by atoms with Gasteiger partial charge in [0.25, 0.3) is 5.89 Å². The van der Waals surface area contributed by atoms with E-state index in [1.165, 1.54) is 6.20 Å². The van der Waals surface area contributed by atoms with Crippen LogP contribution in [0.15, 0.2) is 40.9 Å². The van der Waals surface area contributed by atoms with Crippen molar-refractivity contribution in [1.29, 1.82) is 0 Å². The van der Waals surface area contributed by atoms with Gasteiger partial charge >= 0.3 is 5.91 Å². The molecule has 2 N–H and O–H groups in total. The molecule has 0 saturated heterocycles. The topological polar surface area (TPSA) is 69.1 Å². The van der Waals surface area contributed by atoms with Gasteiger partial charge in [-0.3, -0.25) is 4.79 Å². The number of primary amides is 1. The molecular weight excluding hydrogens is 180 g/mol. The molecule has 1 aromatic carbocycles.